The molecule has 0 fully saturated rings. The predicted octanol–water partition coefficient (Wildman–Crippen LogP) is 8.77. The number of hydrogen-bond donors (Lipinski definition) is 0. The lowest BCUT2D eigenvalue weighted by Gasteiger charge is -1.90. The van der Waals surface area contributed by atoms with Crippen LogP contribution in [0.5, 0.6) is 0 Å². The molecule has 5 heterocycles. The van der Waals surface area contributed by atoms with Crippen LogP contribution in [0.1, 0.15) is 68.1 Å². The van der Waals surface area contributed by atoms with Crippen molar-refractivity contribution in [2.24, 2.45) is 0 Å². The van der Waals surface area contributed by atoms with Crippen LogP contribution in [-0.2, 0) is 0 Å². The first kappa shape index (κ1) is 39.0. The summed E-state index contributed by atoms with van der Waals surface area (Å²) in [6, 6.07) is 16.3. The summed E-state index contributed by atoms with van der Waals surface area (Å²) in [4.78, 5) is 20.0. The number of aromatic nitrogens is 7. The first-order chi connectivity index (χ1) is 21.7. The third-order valence-corrected chi connectivity index (χ3v) is 5.59. The molecule has 0 aliphatic rings. The van der Waals surface area contributed by atoms with E-state index < -0.39 is 0 Å². The van der Waals surface area contributed by atoms with E-state index in [2.05, 4.69) is 79.4 Å². The standard InChI is InChI=1S/C8H10.C7H9N.2C6H8N2.2C5H7NO/c1-7-3-5-8(2)6-4-7;1-6-3-4-7(2)8-5-6;1-5-3-8-6(2)4-7-5;1-5-3-7-6(2)8-4-5;2*1-4-3-5(2)7-6-4/h3-6H,1-2H3;3-5H,1-2H3;2*3-4H,1-2H3;2*3H,1-2H3. The normalized spacial score (nSPS) is 9.30. The van der Waals surface area contributed by atoms with Crippen LogP contribution in [0.15, 0.2) is 88.6 Å². The minimum atomic E-state index is 0.829. The number of nitrogens with zero attached hydrogens (tertiary/aromatic N) is 7. The van der Waals surface area contributed by atoms with Crippen LogP contribution in [0.25, 0.3) is 0 Å². The number of pyridine rings is 1. The van der Waals surface area contributed by atoms with E-state index in [9.17, 15) is 0 Å². The van der Waals surface area contributed by atoms with Crippen molar-refractivity contribution in [1.82, 2.24) is 35.2 Å². The van der Waals surface area contributed by atoms with Crippen molar-refractivity contribution >= 4 is 0 Å². The van der Waals surface area contributed by atoms with Gasteiger partial charge in [-0.05, 0) is 100 Å². The van der Waals surface area contributed by atoms with Crippen LogP contribution in [0, 0.1) is 83.1 Å². The van der Waals surface area contributed by atoms with Crippen molar-refractivity contribution in [2.75, 3.05) is 0 Å². The smallest absolute Gasteiger partial charge is 0.133 e. The van der Waals surface area contributed by atoms with Crippen LogP contribution < -0.4 is 0 Å². The van der Waals surface area contributed by atoms with E-state index in [1.165, 1.54) is 16.7 Å². The zero-order valence-corrected chi connectivity index (χ0v) is 29.5. The molecule has 0 atom stereocenters. The third-order valence-electron chi connectivity index (χ3n) is 5.59. The van der Waals surface area contributed by atoms with Gasteiger partial charge in [-0.15, -0.1) is 0 Å². The highest BCUT2D eigenvalue weighted by atomic mass is 16.5. The van der Waals surface area contributed by atoms with Gasteiger partial charge in [-0.25, -0.2) is 9.97 Å². The van der Waals surface area contributed by atoms with Crippen LogP contribution in [0.3, 0.4) is 0 Å². The molecule has 9 heteroatoms. The fourth-order valence-corrected chi connectivity index (χ4v) is 3.07. The molecule has 0 saturated carbocycles. The Morgan fingerprint density at radius 1 is 0.348 bits per heavy atom. The average molecular weight is 624 g/mol. The fraction of sp³-hybridized carbons (Fsp3) is 0.324. The highest BCUT2D eigenvalue weighted by Gasteiger charge is 1.89. The van der Waals surface area contributed by atoms with Crippen molar-refractivity contribution in [1.29, 1.82) is 0 Å². The minimum absolute atomic E-state index is 0.829. The number of aryl methyl sites for hydroxylation is 12. The molecule has 0 N–H and O–H groups in total. The van der Waals surface area contributed by atoms with Gasteiger partial charge in [0.25, 0.3) is 0 Å². The zero-order valence-electron chi connectivity index (χ0n) is 29.5. The van der Waals surface area contributed by atoms with E-state index in [1.54, 1.807) is 12.4 Å². The molecule has 5 aromatic heterocycles. The second-order valence-electron chi connectivity index (χ2n) is 10.9. The topological polar surface area (TPSA) is 117 Å². The van der Waals surface area contributed by atoms with Crippen molar-refractivity contribution < 1.29 is 9.05 Å². The van der Waals surface area contributed by atoms with Crippen LogP contribution in [0.4, 0.5) is 0 Å². The van der Waals surface area contributed by atoms with Gasteiger partial charge < -0.3 is 9.05 Å². The molecule has 0 aliphatic carbocycles. The Morgan fingerprint density at radius 2 is 0.717 bits per heavy atom. The number of rotatable bonds is 0. The Labute approximate surface area is 274 Å². The maximum atomic E-state index is 4.71. The van der Waals surface area contributed by atoms with E-state index in [0.29, 0.717) is 0 Å². The van der Waals surface area contributed by atoms with Gasteiger partial charge in [0.15, 0.2) is 0 Å². The Balaban J connectivity index is 0.000000276. The van der Waals surface area contributed by atoms with Crippen molar-refractivity contribution in [3.05, 3.63) is 148 Å². The molecule has 244 valence electrons. The van der Waals surface area contributed by atoms with Crippen molar-refractivity contribution in [3.8, 4) is 0 Å². The van der Waals surface area contributed by atoms with Gasteiger partial charge >= 0.3 is 0 Å². The maximum absolute atomic E-state index is 4.71. The average Bonchev–Trinajstić information content (AvgIpc) is 3.61. The van der Waals surface area contributed by atoms with Crippen molar-refractivity contribution in [2.45, 2.75) is 83.1 Å². The van der Waals surface area contributed by atoms with Crippen molar-refractivity contribution in [3.63, 3.8) is 0 Å². The van der Waals surface area contributed by atoms with Crippen LogP contribution in [-0.4, -0.2) is 35.2 Å². The maximum Gasteiger partial charge on any atom is 0.133 e. The van der Waals surface area contributed by atoms with E-state index in [-0.39, 0.29) is 0 Å². The highest BCUT2D eigenvalue weighted by molar-refractivity contribution is 5.19. The summed E-state index contributed by atoms with van der Waals surface area (Å²) in [6.45, 7) is 23.5. The first-order valence-electron chi connectivity index (χ1n) is 15.0. The van der Waals surface area contributed by atoms with Gasteiger partial charge in [0.05, 0.1) is 22.8 Å². The van der Waals surface area contributed by atoms with Gasteiger partial charge in [0.2, 0.25) is 0 Å². The van der Waals surface area contributed by atoms with E-state index in [0.717, 1.165) is 51.4 Å². The van der Waals surface area contributed by atoms with Gasteiger partial charge in [0.1, 0.15) is 17.3 Å². The zero-order chi connectivity index (χ0) is 34.5. The van der Waals surface area contributed by atoms with Crippen LogP contribution >= 0.6 is 0 Å². The molecule has 1 aromatic carbocycles. The Bertz CT molecular complexity index is 1290. The van der Waals surface area contributed by atoms with Crippen LogP contribution in [0.2, 0.25) is 0 Å². The molecule has 0 bridgehead atoms. The molecule has 6 aromatic rings. The summed E-state index contributed by atoms with van der Waals surface area (Å²) in [7, 11) is 0. The summed E-state index contributed by atoms with van der Waals surface area (Å²) in [5, 5.41) is 7.28. The third kappa shape index (κ3) is 20.0. The van der Waals surface area contributed by atoms with E-state index >= 15 is 0 Å². The summed E-state index contributed by atoms with van der Waals surface area (Å²) in [6.07, 6.45) is 9.00. The summed E-state index contributed by atoms with van der Waals surface area (Å²) < 4.78 is 9.43. The quantitative estimate of drug-likeness (QED) is 0.164. The lowest BCUT2D eigenvalue weighted by molar-refractivity contribution is 0.393. The first-order valence-corrected chi connectivity index (χ1v) is 15.0. The number of benzene rings is 1. The molecule has 0 saturated heterocycles. The summed E-state index contributed by atoms with van der Waals surface area (Å²) >= 11 is 0. The molecule has 9 nitrogen and oxygen atoms in total. The molecule has 0 unspecified atom stereocenters. The molecule has 0 spiro atoms. The molecule has 46 heavy (non-hydrogen) atoms. The van der Waals surface area contributed by atoms with Gasteiger partial charge in [-0.2, -0.15) is 0 Å². The second-order valence-corrected chi connectivity index (χ2v) is 10.9. The lowest BCUT2D eigenvalue weighted by atomic mass is 10.2. The number of hydrogen-bond acceptors (Lipinski definition) is 9. The Kier molecular flexibility index (Phi) is 18.3. The second kappa shape index (κ2) is 21.6. The van der Waals surface area contributed by atoms with Gasteiger partial charge in [-0.1, -0.05) is 51.8 Å². The predicted molar refractivity (Wildman–Crippen MR) is 185 cm³/mol. The van der Waals surface area contributed by atoms with Gasteiger partial charge in [0, 0.05) is 48.8 Å². The largest absolute Gasteiger partial charge is 0.361 e. The molecule has 0 amide bonds. The van der Waals surface area contributed by atoms with E-state index in [4.69, 9.17) is 9.05 Å². The molecule has 0 aliphatic heterocycles. The Morgan fingerprint density at radius 3 is 0.957 bits per heavy atom. The van der Waals surface area contributed by atoms with Gasteiger partial charge in [-0.3, -0.25) is 15.0 Å². The molecule has 0 radical (unpaired) electrons. The molecule has 6 rings (SSSR count). The highest BCUT2D eigenvalue weighted by Crippen LogP contribution is 2.00. The fourth-order valence-electron chi connectivity index (χ4n) is 3.07. The SMILES string of the molecule is Cc1cc(C)on1.Cc1cc(C)on1.Cc1ccc(C)cc1.Cc1ccc(C)nc1.Cc1cnc(C)cn1.Cc1cnc(C)nc1. The summed E-state index contributed by atoms with van der Waals surface area (Å²) in [5.74, 6) is 2.57. The van der Waals surface area contributed by atoms with E-state index in [1.807, 2.05) is 106 Å². The Hall–Kier alpha value is -5.05. The molecular weight excluding hydrogens is 574 g/mol. The minimum Gasteiger partial charge on any atom is -0.361 e. The monoisotopic (exact) mass is 623 g/mol. The summed E-state index contributed by atoms with van der Waals surface area (Å²) in [5.41, 5.74) is 9.88. The lowest BCUT2D eigenvalue weighted by Crippen LogP contribution is -1.84. The molecular formula is C37H49N7O2.